The summed E-state index contributed by atoms with van der Waals surface area (Å²) in [6.07, 6.45) is 1.40. The second-order valence-corrected chi connectivity index (χ2v) is 7.76. The van der Waals surface area contributed by atoms with Gasteiger partial charge in [-0.1, -0.05) is 18.2 Å². The van der Waals surface area contributed by atoms with E-state index in [2.05, 4.69) is 16.6 Å². The van der Waals surface area contributed by atoms with Crippen molar-refractivity contribution < 1.29 is 27.5 Å². The summed E-state index contributed by atoms with van der Waals surface area (Å²) in [6.45, 7) is 4.82. The normalized spacial score (nSPS) is 10.8. The highest BCUT2D eigenvalue weighted by molar-refractivity contribution is 7.89. The topological polar surface area (TPSA) is 111 Å². The molecule has 0 bridgehead atoms. The van der Waals surface area contributed by atoms with Crippen LogP contribution in [-0.4, -0.2) is 40.6 Å². The summed E-state index contributed by atoms with van der Waals surface area (Å²) in [4.78, 5) is 24.2. The Labute approximate surface area is 169 Å². The predicted molar refractivity (Wildman–Crippen MR) is 108 cm³/mol. The molecule has 0 radical (unpaired) electrons. The molecule has 2 N–H and O–H groups in total. The summed E-state index contributed by atoms with van der Waals surface area (Å²) < 4.78 is 36.8. The van der Waals surface area contributed by atoms with E-state index in [9.17, 15) is 18.0 Å². The zero-order valence-corrected chi connectivity index (χ0v) is 16.9. The lowest BCUT2D eigenvalue weighted by molar-refractivity contribution is -0.119. The first-order valence-corrected chi connectivity index (χ1v) is 10.1. The van der Waals surface area contributed by atoms with Crippen LogP contribution in [0.25, 0.3) is 0 Å². The van der Waals surface area contributed by atoms with E-state index in [4.69, 9.17) is 9.47 Å². The van der Waals surface area contributed by atoms with Gasteiger partial charge in [0.15, 0.2) is 6.61 Å². The van der Waals surface area contributed by atoms with E-state index >= 15 is 0 Å². The number of anilines is 1. The Bertz CT molecular complexity index is 1020. The fourth-order valence-corrected chi connectivity index (χ4v) is 3.41. The number of amides is 1. The molecule has 0 heterocycles. The Morgan fingerprint density at radius 1 is 1.17 bits per heavy atom. The predicted octanol–water partition coefficient (Wildman–Crippen LogP) is 2.26. The van der Waals surface area contributed by atoms with Gasteiger partial charge in [0.1, 0.15) is 5.75 Å². The van der Waals surface area contributed by atoms with Crippen LogP contribution in [0, 0.1) is 6.92 Å². The third-order valence-corrected chi connectivity index (χ3v) is 5.18. The van der Waals surface area contributed by atoms with Crippen LogP contribution in [-0.2, 0) is 19.6 Å². The van der Waals surface area contributed by atoms with Gasteiger partial charge in [0, 0.05) is 6.54 Å². The van der Waals surface area contributed by atoms with Crippen molar-refractivity contribution >= 4 is 27.6 Å². The molecule has 9 heteroatoms. The second-order valence-electron chi connectivity index (χ2n) is 6.00. The molecular formula is C20H22N2O6S. The van der Waals surface area contributed by atoms with Crippen molar-refractivity contribution in [1.82, 2.24) is 4.72 Å². The van der Waals surface area contributed by atoms with E-state index in [0.717, 1.165) is 5.56 Å². The Morgan fingerprint density at radius 2 is 1.93 bits per heavy atom. The number of esters is 1. The second kappa shape index (κ2) is 9.85. The summed E-state index contributed by atoms with van der Waals surface area (Å²) in [6, 6.07) is 10.6. The number of carbonyl (C=O) groups excluding carboxylic acids is 2. The quantitative estimate of drug-likeness (QED) is 0.477. The van der Waals surface area contributed by atoms with E-state index in [-0.39, 0.29) is 17.0 Å². The molecule has 154 valence electrons. The Hall–Kier alpha value is -3.17. The molecule has 0 saturated heterocycles. The molecule has 0 atom stereocenters. The van der Waals surface area contributed by atoms with Crippen LogP contribution < -0.4 is 14.8 Å². The zero-order valence-electron chi connectivity index (χ0n) is 16.1. The largest absolute Gasteiger partial charge is 0.495 e. The molecule has 0 spiro atoms. The first-order valence-electron chi connectivity index (χ1n) is 8.59. The average Bonchev–Trinajstić information content (AvgIpc) is 2.71. The van der Waals surface area contributed by atoms with Gasteiger partial charge in [0.2, 0.25) is 10.0 Å². The van der Waals surface area contributed by atoms with E-state index in [1.807, 2.05) is 13.0 Å². The molecule has 0 aliphatic rings. The SMILES string of the molecule is C=CCNS(=O)(=O)c1cccc(C(=O)OCC(=O)Nc2cc(C)ccc2OC)c1. The number of ether oxygens (including phenoxy) is 2. The van der Waals surface area contributed by atoms with E-state index < -0.39 is 28.5 Å². The standard InChI is InChI=1S/C20H22N2O6S/c1-4-10-21-29(25,26)16-7-5-6-15(12-16)20(24)28-13-19(23)22-17-11-14(2)8-9-18(17)27-3/h4-9,11-12,21H,1,10,13H2,2-3H3,(H,22,23). The molecule has 2 rings (SSSR count). The molecule has 0 fully saturated rings. The van der Waals surface area contributed by atoms with Gasteiger partial charge in [0.25, 0.3) is 5.91 Å². The van der Waals surface area contributed by atoms with Crippen LogP contribution in [0.1, 0.15) is 15.9 Å². The molecule has 0 aliphatic carbocycles. The molecule has 1 amide bonds. The van der Waals surface area contributed by atoms with E-state index in [0.29, 0.717) is 11.4 Å². The molecule has 0 aliphatic heterocycles. The van der Waals surface area contributed by atoms with Crippen molar-refractivity contribution in [3.8, 4) is 5.75 Å². The van der Waals surface area contributed by atoms with Crippen molar-refractivity contribution in [1.29, 1.82) is 0 Å². The molecule has 0 saturated carbocycles. The highest BCUT2D eigenvalue weighted by Crippen LogP contribution is 2.25. The summed E-state index contributed by atoms with van der Waals surface area (Å²) >= 11 is 0. The Balaban J connectivity index is 2.02. The van der Waals surface area contributed by atoms with Crippen LogP contribution in [0.5, 0.6) is 5.75 Å². The fraction of sp³-hybridized carbons (Fsp3) is 0.200. The molecule has 0 aromatic heterocycles. The number of methoxy groups -OCH3 is 1. The van der Waals surface area contributed by atoms with Gasteiger partial charge in [-0.3, -0.25) is 4.79 Å². The van der Waals surface area contributed by atoms with Gasteiger partial charge < -0.3 is 14.8 Å². The molecule has 0 unspecified atom stereocenters. The number of hydrogen-bond acceptors (Lipinski definition) is 6. The zero-order chi connectivity index (χ0) is 21.4. The third kappa shape index (κ3) is 6.16. The number of rotatable bonds is 9. The lowest BCUT2D eigenvalue weighted by atomic mass is 10.2. The Morgan fingerprint density at radius 3 is 2.62 bits per heavy atom. The molecule has 2 aromatic rings. The number of nitrogens with one attached hydrogen (secondary N) is 2. The first-order chi connectivity index (χ1) is 13.8. The molecular weight excluding hydrogens is 396 g/mol. The summed E-state index contributed by atoms with van der Waals surface area (Å²) in [5.41, 5.74) is 1.38. The van der Waals surface area contributed by atoms with Crippen LogP contribution >= 0.6 is 0 Å². The van der Waals surface area contributed by atoms with Crippen LogP contribution in [0.15, 0.2) is 60.0 Å². The maximum Gasteiger partial charge on any atom is 0.338 e. The van der Waals surface area contributed by atoms with Crippen molar-refractivity contribution in [3.63, 3.8) is 0 Å². The van der Waals surface area contributed by atoms with Crippen molar-refractivity contribution in [2.45, 2.75) is 11.8 Å². The molecule has 8 nitrogen and oxygen atoms in total. The lowest BCUT2D eigenvalue weighted by Gasteiger charge is -2.11. The summed E-state index contributed by atoms with van der Waals surface area (Å²) in [7, 11) is -2.31. The minimum Gasteiger partial charge on any atom is -0.495 e. The van der Waals surface area contributed by atoms with E-state index in [1.54, 1.807) is 12.1 Å². The van der Waals surface area contributed by atoms with Crippen molar-refractivity contribution in [2.75, 3.05) is 25.6 Å². The monoisotopic (exact) mass is 418 g/mol. The van der Waals surface area contributed by atoms with Gasteiger partial charge in [-0.2, -0.15) is 0 Å². The number of hydrogen-bond donors (Lipinski definition) is 2. The molecule has 29 heavy (non-hydrogen) atoms. The minimum atomic E-state index is -3.78. The average molecular weight is 418 g/mol. The summed E-state index contributed by atoms with van der Waals surface area (Å²) in [5.74, 6) is -0.906. The van der Waals surface area contributed by atoms with Gasteiger partial charge in [-0.05, 0) is 42.8 Å². The number of aryl methyl sites for hydroxylation is 1. The third-order valence-electron chi connectivity index (χ3n) is 3.76. The fourth-order valence-electron chi connectivity index (χ4n) is 2.36. The van der Waals surface area contributed by atoms with Gasteiger partial charge in [0.05, 0.1) is 23.3 Å². The van der Waals surface area contributed by atoms with Gasteiger partial charge in [-0.25, -0.2) is 17.9 Å². The number of sulfonamides is 1. The van der Waals surface area contributed by atoms with E-state index in [1.165, 1.54) is 37.5 Å². The van der Waals surface area contributed by atoms with Crippen LogP contribution in [0.4, 0.5) is 5.69 Å². The highest BCUT2D eigenvalue weighted by atomic mass is 32.2. The highest BCUT2D eigenvalue weighted by Gasteiger charge is 2.17. The van der Waals surface area contributed by atoms with Crippen molar-refractivity contribution in [2.24, 2.45) is 0 Å². The maximum atomic E-state index is 12.2. The minimum absolute atomic E-state index is 0.00686. The summed E-state index contributed by atoms with van der Waals surface area (Å²) in [5, 5.41) is 2.61. The molecule has 2 aromatic carbocycles. The number of carbonyl (C=O) groups is 2. The lowest BCUT2D eigenvalue weighted by Crippen LogP contribution is -2.24. The van der Waals surface area contributed by atoms with Crippen molar-refractivity contribution in [3.05, 3.63) is 66.2 Å². The van der Waals surface area contributed by atoms with Gasteiger partial charge >= 0.3 is 5.97 Å². The van der Waals surface area contributed by atoms with Gasteiger partial charge in [-0.15, -0.1) is 6.58 Å². The van der Waals surface area contributed by atoms with Crippen LogP contribution in [0.2, 0.25) is 0 Å². The van der Waals surface area contributed by atoms with Crippen LogP contribution in [0.3, 0.4) is 0 Å². The first kappa shape index (κ1) is 22.1. The Kier molecular flexibility index (Phi) is 7.52. The number of benzene rings is 2. The maximum absolute atomic E-state index is 12.2. The smallest absolute Gasteiger partial charge is 0.338 e.